The van der Waals surface area contributed by atoms with Crippen LogP contribution in [0.1, 0.15) is 5.56 Å². The van der Waals surface area contributed by atoms with E-state index in [9.17, 15) is 4.79 Å². The van der Waals surface area contributed by atoms with Gasteiger partial charge in [0.1, 0.15) is 0 Å². The van der Waals surface area contributed by atoms with E-state index in [1.807, 2.05) is 29.6 Å². The van der Waals surface area contributed by atoms with Crippen molar-refractivity contribution in [1.82, 2.24) is 15.5 Å². The molecule has 0 spiro atoms. The molecule has 2 heterocycles. The van der Waals surface area contributed by atoms with Gasteiger partial charge in [-0.05, 0) is 29.1 Å². The van der Waals surface area contributed by atoms with Crippen molar-refractivity contribution < 1.29 is 9.21 Å². The van der Waals surface area contributed by atoms with Crippen LogP contribution >= 0.6 is 34.7 Å². The van der Waals surface area contributed by atoms with Gasteiger partial charge in [-0.2, -0.15) is 0 Å². The van der Waals surface area contributed by atoms with E-state index in [0.29, 0.717) is 22.7 Å². The number of amides is 1. The molecule has 1 aromatic carbocycles. The number of benzene rings is 1. The highest BCUT2D eigenvalue weighted by Crippen LogP contribution is 2.26. The number of nitrogens with one attached hydrogen (secondary N) is 1. The molecule has 5 nitrogen and oxygen atoms in total. The molecule has 0 saturated heterocycles. The number of nitrogens with zero attached hydrogens (tertiary/aromatic N) is 2. The number of aromatic nitrogens is 2. The lowest BCUT2D eigenvalue weighted by atomic mass is 10.2. The third kappa shape index (κ3) is 4.57. The second kappa shape index (κ2) is 7.63. The molecule has 0 fully saturated rings. The molecule has 3 aromatic rings. The number of carbonyl (C=O) groups excluding carboxylic acids is 1. The SMILES string of the molecule is O=C(CSc1nnc(-c2cccs2)o1)NCc1ccc(Cl)cc1. The van der Waals surface area contributed by atoms with E-state index in [-0.39, 0.29) is 11.7 Å². The first-order chi connectivity index (χ1) is 11.2. The van der Waals surface area contributed by atoms with Gasteiger partial charge in [0, 0.05) is 11.6 Å². The summed E-state index contributed by atoms with van der Waals surface area (Å²) >= 11 is 8.56. The molecule has 0 unspecified atom stereocenters. The smallest absolute Gasteiger partial charge is 0.277 e. The Bertz CT molecular complexity index is 772. The van der Waals surface area contributed by atoms with Crippen molar-refractivity contribution in [2.24, 2.45) is 0 Å². The van der Waals surface area contributed by atoms with Gasteiger partial charge in [0.05, 0.1) is 10.6 Å². The molecule has 0 bridgehead atoms. The Kier molecular flexibility index (Phi) is 5.32. The first kappa shape index (κ1) is 16.0. The summed E-state index contributed by atoms with van der Waals surface area (Å²) in [6.45, 7) is 0.459. The average Bonchev–Trinajstić information content (AvgIpc) is 3.23. The molecule has 0 saturated carbocycles. The lowest BCUT2D eigenvalue weighted by Gasteiger charge is -2.04. The van der Waals surface area contributed by atoms with E-state index < -0.39 is 0 Å². The molecule has 2 aromatic heterocycles. The summed E-state index contributed by atoms with van der Waals surface area (Å²) < 4.78 is 5.51. The fraction of sp³-hybridized carbons (Fsp3) is 0.133. The van der Waals surface area contributed by atoms with Gasteiger partial charge in [-0.25, -0.2) is 0 Å². The molecule has 0 aliphatic carbocycles. The second-order valence-electron chi connectivity index (χ2n) is 4.54. The fourth-order valence-electron chi connectivity index (χ4n) is 1.75. The number of thiophene rings is 1. The highest BCUT2D eigenvalue weighted by atomic mass is 35.5. The zero-order valence-corrected chi connectivity index (χ0v) is 14.2. The Hall–Kier alpha value is -1.83. The summed E-state index contributed by atoms with van der Waals surface area (Å²) in [5.41, 5.74) is 0.991. The minimum atomic E-state index is -0.0965. The first-order valence-corrected chi connectivity index (χ1v) is 8.96. The minimum Gasteiger partial charge on any atom is -0.410 e. The van der Waals surface area contributed by atoms with Crippen molar-refractivity contribution >= 4 is 40.6 Å². The number of hydrogen-bond acceptors (Lipinski definition) is 6. The zero-order valence-electron chi connectivity index (χ0n) is 11.9. The van der Waals surface area contributed by atoms with Gasteiger partial charge in [-0.15, -0.1) is 21.5 Å². The molecule has 1 N–H and O–H groups in total. The highest BCUT2D eigenvalue weighted by molar-refractivity contribution is 7.99. The lowest BCUT2D eigenvalue weighted by Crippen LogP contribution is -2.24. The van der Waals surface area contributed by atoms with E-state index in [0.717, 1.165) is 10.4 Å². The van der Waals surface area contributed by atoms with Crippen molar-refractivity contribution in [1.29, 1.82) is 0 Å². The normalized spacial score (nSPS) is 10.7. The number of halogens is 1. The van der Waals surface area contributed by atoms with Crippen LogP contribution in [0.2, 0.25) is 5.02 Å². The van der Waals surface area contributed by atoms with Crippen LogP contribution in [0.3, 0.4) is 0 Å². The quantitative estimate of drug-likeness (QED) is 0.672. The number of thioether (sulfide) groups is 1. The lowest BCUT2D eigenvalue weighted by molar-refractivity contribution is -0.118. The van der Waals surface area contributed by atoms with Crippen LogP contribution in [-0.2, 0) is 11.3 Å². The molecule has 23 heavy (non-hydrogen) atoms. The van der Waals surface area contributed by atoms with Crippen molar-refractivity contribution in [3.8, 4) is 10.8 Å². The number of carbonyl (C=O) groups is 1. The van der Waals surface area contributed by atoms with Gasteiger partial charge in [-0.3, -0.25) is 4.79 Å². The molecule has 0 aliphatic heterocycles. The highest BCUT2D eigenvalue weighted by Gasteiger charge is 2.11. The number of hydrogen-bond donors (Lipinski definition) is 1. The predicted octanol–water partition coefficient (Wildman–Crippen LogP) is 3.86. The van der Waals surface area contributed by atoms with Crippen LogP contribution < -0.4 is 5.32 Å². The van der Waals surface area contributed by atoms with Crippen molar-refractivity contribution in [3.63, 3.8) is 0 Å². The van der Waals surface area contributed by atoms with Gasteiger partial charge in [-0.1, -0.05) is 41.6 Å². The largest absolute Gasteiger partial charge is 0.410 e. The molecule has 1 amide bonds. The van der Waals surface area contributed by atoms with Crippen molar-refractivity contribution in [3.05, 3.63) is 52.4 Å². The van der Waals surface area contributed by atoms with Crippen LogP contribution in [0.25, 0.3) is 10.8 Å². The fourth-order valence-corrected chi connectivity index (χ4v) is 3.11. The van der Waals surface area contributed by atoms with Crippen LogP contribution in [0.5, 0.6) is 0 Å². The molecule has 0 aliphatic rings. The molecular formula is C15H12ClN3O2S2. The Morgan fingerprint density at radius 1 is 1.26 bits per heavy atom. The van der Waals surface area contributed by atoms with Gasteiger partial charge in [0.15, 0.2) is 0 Å². The van der Waals surface area contributed by atoms with Crippen LogP contribution in [0, 0.1) is 0 Å². The second-order valence-corrected chi connectivity index (χ2v) is 6.85. The van der Waals surface area contributed by atoms with E-state index in [1.165, 1.54) is 23.1 Å². The summed E-state index contributed by atoms with van der Waals surface area (Å²) in [5.74, 6) is 0.601. The minimum absolute atomic E-state index is 0.0965. The Balaban J connectivity index is 1.46. The monoisotopic (exact) mass is 365 g/mol. The maximum absolute atomic E-state index is 11.8. The van der Waals surface area contributed by atoms with Gasteiger partial charge in [0.2, 0.25) is 5.91 Å². The third-order valence-electron chi connectivity index (χ3n) is 2.87. The maximum atomic E-state index is 11.8. The summed E-state index contributed by atoms with van der Waals surface area (Å²) in [5, 5.41) is 13.7. The summed E-state index contributed by atoms with van der Waals surface area (Å²) in [6.07, 6.45) is 0. The summed E-state index contributed by atoms with van der Waals surface area (Å²) in [7, 11) is 0. The van der Waals surface area contributed by atoms with E-state index in [4.69, 9.17) is 16.0 Å². The number of rotatable bonds is 6. The molecule has 0 radical (unpaired) electrons. The maximum Gasteiger partial charge on any atom is 0.277 e. The Morgan fingerprint density at radius 2 is 2.09 bits per heavy atom. The molecule has 8 heteroatoms. The molecule has 118 valence electrons. The summed E-state index contributed by atoms with van der Waals surface area (Å²) in [6, 6.07) is 11.2. The molecule has 3 rings (SSSR count). The predicted molar refractivity (Wildman–Crippen MR) is 91.6 cm³/mol. The third-order valence-corrected chi connectivity index (χ3v) is 4.80. The Morgan fingerprint density at radius 3 is 2.83 bits per heavy atom. The van der Waals surface area contributed by atoms with Crippen LogP contribution in [-0.4, -0.2) is 21.9 Å². The van der Waals surface area contributed by atoms with Gasteiger partial charge in [0.25, 0.3) is 11.1 Å². The van der Waals surface area contributed by atoms with Crippen LogP contribution in [0.4, 0.5) is 0 Å². The van der Waals surface area contributed by atoms with E-state index in [2.05, 4.69) is 15.5 Å². The van der Waals surface area contributed by atoms with Gasteiger partial charge < -0.3 is 9.73 Å². The molecular weight excluding hydrogens is 354 g/mol. The standard InChI is InChI=1S/C15H12ClN3O2S2/c16-11-5-3-10(4-6-11)8-17-13(20)9-23-15-19-18-14(21-15)12-2-1-7-22-12/h1-7H,8-9H2,(H,17,20). The first-order valence-electron chi connectivity index (χ1n) is 6.72. The van der Waals surface area contributed by atoms with Crippen molar-refractivity contribution in [2.45, 2.75) is 11.8 Å². The van der Waals surface area contributed by atoms with E-state index >= 15 is 0 Å². The van der Waals surface area contributed by atoms with Crippen molar-refractivity contribution in [2.75, 3.05) is 5.75 Å². The average molecular weight is 366 g/mol. The topological polar surface area (TPSA) is 68.0 Å². The van der Waals surface area contributed by atoms with Crippen LogP contribution in [0.15, 0.2) is 51.4 Å². The van der Waals surface area contributed by atoms with E-state index in [1.54, 1.807) is 12.1 Å². The zero-order chi connectivity index (χ0) is 16.1. The molecule has 0 atom stereocenters. The van der Waals surface area contributed by atoms with Gasteiger partial charge >= 0.3 is 0 Å². The summed E-state index contributed by atoms with van der Waals surface area (Å²) in [4.78, 5) is 12.8. The Labute approximate surface area is 146 Å².